The predicted molar refractivity (Wildman–Crippen MR) is 152 cm³/mol. The van der Waals surface area contributed by atoms with Gasteiger partial charge in [-0.1, -0.05) is 84.7 Å². The Morgan fingerprint density at radius 1 is 1.00 bits per heavy atom. The number of benzene rings is 2. The summed E-state index contributed by atoms with van der Waals surface area (Å²) in [5.74, 6) is 0.614. The van der Waals surface area contributed by atoms with Gasteiger partial charge in [0.25, 0.3) is 0 Å². The summed E-state index contributed by atoms with van der Waals surface area (Å²) in [5.41, 5.74) is 3.29. The fourth-order valence-electron chi connectivity index (χ4n) is 4.75. The van der Waals surface area contributed by atoms with Crippen LogP contribution < -0.4 is 4.74 Å². The summed E-state index contributed by atoms with van der Waals surface area (Å²) in [7, 11) is 0. The van der Waals surface area contributed by atoms with Gasteiger partial charge in [0.15, 0.2) is 0 Å². The number of aromatic nitrogens is 1. The van der Waals surface area contributed by atoms with Gasteiger partial charge < -0.3 is 19.1 Å². The van der Waals surface area contributed by atoms with Crippen LogP contribution in [0, 0.1) is 17.3 Å². The van der Waals surface area contributed by atoms with Crippen LogP contribution in [0.4, 0.5) is 0 Å². The number of hydrogen-bond acceptors (Lipinski definition) is 4. The zero-order valence-corrected chi connectivity index (χ0v) is 23.5. The van der Waals surface area contributed by atoms with Crippen molar-refractivity contribution in [1.29, 1.82) is 0 Å². The van der Waals surface area contributed by atoms with E-state index in [-0.39, 0.29) is 30.5 Å². The van der Waals surface area contributed by atoms with E-state index in [9.17, 15) is 9.90 Å². The Hall–Kier alpha value is -2.79. The van der Waals surface area contributed by atoms with Crippen LogP contribution in [-0.4, -0.2) is 35.0 Å². The van der Waals surface area contributed by atoms with Crippen molar-refractivity contribution in [1.82, 2.24) is 4.57 Å². The second kappa shape index (κ2) is 13.1. The summed E-state index contributed by atoms with van der Waals surface area (Å²) in [6.07, 6.45) is 3.39. The number of rotatable bonds is 13. The van der Waals surface area contributed by atoms with Crippen molar-refractivity contribution in [3.05, 3.63) is 54.6 Å². The number of aryl methyl sites for hydroxylation is 1. The van der Waals surface area contributed by atoms with Gasteiger partial charge in [-0.3, -0.25) is 4.79 Å². The molecule has 2 atom stereocenters. The first kappa shape index (κ1) is 28.8. The van der Waals surface area contributed by atoms with Gasteiger partial charge in [-0.15, -0.1) is 0 Å². The van der Waals surface area contributed by atoms with Crippen LogP contribution in [0.2, 0.25) is 0 Å². The molecule has 2 unspecified atom stereocenters. The predicted octanol–water partition coefficient (Wildman–Crippen LogP) is 7.49. The Morgan fingerprint density at radius 3 is 2.46 bits per heavy atom. The molecule has 0 amide bonds. The number of nitrogens with zero attached hydrogens (tertiary/aromatic N) is 1. The average molecular weight is 508 g/mol. The number of fused-ring (bicyclic) bond motifs is 1. The van der Waals surface area contributed by atoms with Gasteiger partial charge in [-0.2, -0.15) is 0 Å². The van der Waals surface area contributed by atoms with Crippen molar-refractivity contribution in [3.63, 3.8) is 0 Å². The third-order valence-electron chi connectivity index (χ3n) is 6.82. The van der Waals surface area contributed by atoms with Gasteiger partial charge in [0.2, 0.25) is 0 Å². The van der Waals surface area contributed by atoms with Crippen LogP contribution >= 0.6 is 0 Å². The lowest BCUT2D eigenvalue weighted by atomic mass is 9.76. The van der Waals surface area contributed by atoms with Crippen LogP contribution in [0.15, 0.2) is 54.6 Å². The van der Waals surface area contributed by atoms with E-state index >= 15 is 0 Å². The number of unbranched alkanes of at least 4 members (excludes halogenated alkanes) is 2. The lowest BCUT2D eigenvalue weighted by Crippen LogP contribution is -2.34. The Labute approximate surface area is 222 Å². The van der Waals surface area contributed by atoms with Crippen LogP contribution in [0.1, 0.15) is 67.2 Å². The third kappa shape index (κ3) is 8.10. The molecule has 1 aromatic heterocycles. The highest BCUT2D eigenvalue weighted by molar-refractivity contribution is 5.87. The molecule has 5 heteroatoms. The Balaban J connectivity index is 1.65. The zero-order chi connectivity index (χ0) is 27.0. The molecule has 37 heavy (non-hydrogen) atoms. The van der Waals surface area contributed by atoms with E-state index in [4.69, 9.17) is 9.47 Å². The minimum absolute atomic E-state index is 0.0561. The van der Waals surface area contributed by atoms with Gasteiger partial charge in [0.05, 0.1) is 5.92 Å². The molecule has 0 radical (unpaired) electrons. The zero-order valence-electron chi connectivity index (χ0n) is 23.5. The van der Waals surface area contributed by atoms with Crippen molar-refractivity contribution in [2.24, 2.45) is 17.3 Å². The molecular formula is C32H45NO4. The molecule has 0 aliphatic rings. The van der Waals surface area contributed by atoms with Crippen LogP contribution in [-0.2, 0) is 16.1 Å². The number of carbonyl (C=O) groups excluding carboxylic acids is 1. The van der Waals surface area contributed by atoms with E-state index in [1.807, 2.05) is 18.2 Å². The van der Waals surface area contributed by atoms with Crippen molar-refractivity contribution >= 4 is 16.9 Å². The van der Waals surface area contributed by atoms with Gasteiger partial charge in [0.1, 0.15) is 25.1 Å². The largest absolute Gasteiger partial charge is 0.491 e. The molecule has 202 valence electrons. The maximum Gasteiger partial charge on any atom is 0.309 e. The lowest BCUT2D eigenvalue weighted by Gasteiger charge is -2.30. The van der Waals surface area contributed by atoms with Crippen LogP contribution in [0.25, 0.3) is 22.2 Å². The highest BCUT2D eigenvalue weighted by atomic mass is 16.5. The summed E-state index contributed by atoms with van der Waals surface area (Å²) in [4.78, 5) is 12.7. The second-order valence-electron chi connectivity index (χ2n) is 11.6. The molecule has 0 bridgehead atoms. The maximum atomic E-state index is 12.7. The molecule has 3 aromatic rings. The standard InChI is InChI=1S/C32H45NO4/c1-7-8-11-17-33-29-16-10-9-13-25(29)20-30(33)24-14-12-15-27(19-24)36-21-26(34)22-37-31(35)28(18-23(2)3)32(4,5)6/h9-10,12-16,19-20,23,26,28,34H,7-8,11,17-18,21-22H2,1-6H3. The molecule has 0 saturated carbocycles. The first-order chi connectivity index (χ1) is 17.6. The van der Waals surface area contributed by atoms with Crippen LogP contribution in [0.5, 0.6) is 5.75 Å². The molecule has 1 N–H and O–H groups in total. The molecule has 1 heterocycles. The fourth-order valence-corrected chi connectivity index (χ4v) is 4.75. The Morgan fingerprint density at radius 2 is 1.76 bits per heavy atom. The smallest absolute Gasteiger partial charge is 0.309 e. The molecule has 2 aromatic carbocycles. The number of para-hydroxylation sites is 1. The van der Waals surface area contributed by atoms with Gasteiger partial charge in [-0.05, 0) is 48.4 Å². The van der Waals surface area contributed by atoms with E-state index in [0.717, 1.165) is 30.6 Å². The molecule has 0 aliphatic carbocycles. The lowest BCUT2D eigenvalue weighted by molar-refractivity contribution is -0.156. The highest BCUT2D eigenvalue weighted by Crippen LogP contribution is 2.33. The van der Waals surface area contributed by atoms with Crippen molar-refractivity contribution in [2.75, 3.05) is 13.2 Å². The number of hydrogen-bond donors (Lipinski definition) is 1. The fraction of sp³-hybridized carbons (Fsp3) is 0.531. The molecule has 3 rings (SSSR count). The SMILES string of the molecule is CCCCCn1c(-c2cccc(OCC(O)COC(=O)C(CC(C)C)C(C)(C)C)c2)cc2ccccc21. The molecule has 0 saturated heterocycles. The average Bonchev–Trinajstić information content (AvgIpc) is 3.23. The van der Waals surface area contributed by atoms with Crippen LogP contribution in [0.3, 0.4) is 0 Å². The summed E-state index contributed by atoms with van der Waals surface area (Å²) in [5, 5.41) is 11.7. The molecular weight excluding hydrogens is 462 g/mol. The van der Waals surface area contributed by atoms with E-state index in [1.165, 1.54) is 23.7 Å². The summed E-state index contributed by atoms with van der Waals surface area (Å²) in [6, 6.07) is 18.7. The normalized spacial score (nSPS) is 13.6. The Kier molecular flexibility index (Phi) is 10.2. The van der Waals surface area contributed by atoms with Crippen molar-refractivity contribution < 1.29 is 19.4 Å². The third-order valence-corrected chi connectivity index (χ3v) is 6.82. The van der Waals surface area contributed by atoms with E-state index < -0.39 is 6.10 Å². The van der Waals surface area contributed by atoms with E-state index in [2.05, 4.69) is 82.5 Å². The second-order valence-corrected chi connectivity index (χ2v) is 11.6. The minimum Gasteiger partial charge on any atom is -0.491 e. The quantitative estimate of drug-likeness (QED) is 0.192. The molecule has 0 spiro atoms. The topological polar surface area (TPSA) is 60.7 Å². The summed E-state index contributed by atoms with van der Waals surface area (Å²) in [6.45, 7) is 13.5. The number of ether oxygens (including phenoxy) is 2. The monoisotopic (exact) mass is 507 g/mol. The minimum atomic E-state index is -0.896. The first-order valence-electron chi connectivity index (χ1n) is 13.8. The summed E-state index contributed by atoms with van der Waals surface area (Å²) < 4.78 is 13.8. The van der Waals surface area contributed by atoms with Crippen molar-refractivity contribution in [2.45, 2.75) is 79.9 Å². The first-order valence-corrected chi connectivity index (χ1v) is 13.8. The van der Waals surface area contributed by atoms with Gasteiger partial charge in [-0.25, -0.2) is 0 Å². The Bertz CT molecular complexity index is 1140. The number of aliphatic hydroxyl groups excluding tert-OH is 1. The molecule has 0 aliphatic heterocycles. The number of esters is 1. The van der Waals surface area contributed by atoms with E-state index in [0.29, 0.717) is 11.7 Å². The maximum absolute atomic E-state index is 12.7. The number of aliphatic hydroxyl groups is 1. The number of carbonyl (C=O) groups is 1. The molecule has 0 fully saturated rings. The molecule has 5 nitrogen and oxygen atoms in total. The van der Waals surface area contributed by atoms with Gasteiger partial charge in [0, 0.05) is 28.7 Å². The van der Waals surface area contributed by atoms with E-state index in [1.54, 1.807) is 0 Å². The summed E-state index contributed by atoms with van der Waals surface area (Å²) >= 11 is 0. The van der Waals surface area contributed by atoms with Gasteiger partial charge >= 0.3 is 5.97 Å². The highest BCUT2D eigenvalue weighted by Gasteiger charge is 2.33. The van der Waals surface area contributed by atoms with Crippen molar-refractivity contribution in [3.8, 4) is 17.0 Å².